The van der Waals surface area contributed by atoms with E-state index in [4.69, 9.17) is 32.7 Å². The highest BCUT2D eigenvalue weighted by Crippen LogP contribution is 2.46. The molecule has 0 aromatic heterocycles. The molecule has 1 aromatic rings. The number of allylic oxidation sites excluding steroid dienone is 3. The lowest BCUT2D eigenvalue weighted by molar-refractivity contribution is -0.151. The molecule has 2 aliphatic rings. The van der Waals surface area contributed by atoms with E-state index in [2.05, 4.69) is 5.32 Å². The Morgan fingerprint density at radius 1 is 1.23 bits per heavy atom. The van der Waals surface area contributed by atoms with Crippen LogP contribution in [0.2, 0.25) is 10.0 Å². The predicted octanol–water partition coefficient (Wildman–Crippen LogP) is 4.17. The minimum Gasteiger partial charge on any atom is -0.468 e. The van der Waals surface area contributed by atoms with Gasteiger partial charge in [0.15, 0.2) is 5.78 Å². The Hall–Kier alpha value is -2.31. The van der Waals surface area contributed by atoms with Crippen LogP contribution >= 0.6 is 23.2 Å². The molecule has 0 saturated carbocycles. The average Bonchev–Trinajstić information content (AvgIpc) is 2.68. The van der Waals surface area contributed by atoms with E-state index < -0.39 is 23.8 Å². The van der Waals surface area contributed by atoms with Gasteiger partial charge in [-0.25, -0.2) is 4.79 Å². The normalized spacial score (nSPS) is 23.7. The number of hydrogen-bond acceptors (Lipinski definition) is 6. The summed E-state index contributed by atoms with van der Waals surface area (Å²) >= 11 is 12.3. The number of rotatable bonds is 4. The van der Waals surface area contributed by atoms with Crippen molar-refractivity contribution in [3.8, 4) is 0 Å². The predicted molar refractivity (Wildman–Crippen MR) is 113 cm³/mol. The Morgan fingerprint density at radius 3 is 2.53 bits per heavy atom. The van der Waals surface area contributed by atoms with Crippen molar-refractivity contribution in [2.45, 2.75) is 33.1 Å². The molecule has 6 nitrogen and oxygen atoms in total. The summed E-state index contributed by atoms with van der Waals surface area (Å²) in [5.74, 6) is -3.41. The summed E-state index contributed by atoms with van der Waals surface area (Å²) in [6.07, 6.45) is 0.464. The number of dihydropyridines is 1. The molecule has 1 N–H and O–H groups in total. The van der Waals surface area contributed by atoms with Gasteiger partial charge in [0.2, 0.25) is 0 Å². The summed E-state index contributed by atoms with van der Waals surface area (Å²) in [6, 6.07) is 4.97. The number of carbonyl (C=O) groups excluding carboxylic acids is 3. The Morgan fingerprint density at radius 2 is 1.93 bits per heavy atom. The Bertz CT molecular complexity index is 982. The van der Waals surface area contributed by atoms with Crippen LogP contribution in [0.15, 0.2) is 40.7 Å². The molecule has 3 rings (SSSR count). The standard InChI is InChI=1S/C22H23Cl2NO5/c1-5-30-22(28)17-11(3)25-15-8-10(2)16(21(27)29-4)20(26)19(15)18(17)12-6-7-13(23)14(24)9-12/h6-7,9-10,16,18,25H,5,8H2,1-4H3/t10-,16-,18-/m1/s1. The highest BCUT2D eigenvalue weighted by molar-refractivity contribution is 6.42. The molecule has 0 spiro atoms. The summed E-state index contributed by atoms with van der Waals surface area (Å²) in [5.41, 5.74) is 2.57. The highest BCUT2D eigenvalue weighted by Gasteiger charge is 2.47. The Labute approximate surface area is 185 Å². The van der Waals surface area contributed by atoms with Crippen molar-refractivity contribution in [2.75, 3.05) is 13.7 Å². The van der Waals surface area contributed by atoms with Crippen molar-refractivity contribution in [3.63, 3.8) is 0 Å². The molecule has 0 amide bonds. The van der Waals surface area contributed by atoms with Crippen LogP contribution in [-0.4, -0.2) is 31.4 Å². The molecule has 1 heterocycles. The third-order valence-electron chi connectivity index (χ3n) is 5.52. The zero-order valence-corrected chi connectivity index (χ0v) is 18.7. The fraction of sp³-hybridized carbons (Fsp3) is 0.409. The van der Waals surface area contributed by atoms with Crippen molar-refractivity contribution < 1.29 is 23.9 Å². The monoisotopic (exact) mass is 451 g/mol. The molecule has 1 aliphatic heterocycles. The summed E-state index contributed by atoms with van der Waals surface area (Å²) in [4.78, 5) is 38.7. The van der Waals surface area contributed by atoms with Crippen LogP contribution in [0.1, 0.15) is 38.7 Å². The molecule has 0 bridgehead atoms. The number of esters is 2. The molecule has 1 aliphatic carbocycles. The number of hydrogen-bond donors (Lipinski definition) is 1. The van der Waals surface area contributed by atoms with Crippen molar-refractivity contribution >= 4 is 40.9 Å². The lowest BCUT2D eigenvalue weighted by Gasteiger charge is -2.38. The summed E-state index contributed by atoms with van der Waals surface area (Å²) in [6.45, 7) is 5.50. The van der Waals surface area contributed by atoms with Crippen molar-refractivity contribution in [2.24, 2.45) is 11.8 Å². The van der Waals surface area contributed by atoms with Gasteiger partial charge in [-0.3, -0.25) is 9.59 Å². The fourth-order valence-corrected chi connectivity index (χ4v) is 4.49. The first kappa shape index (κ1) is 22.4. The van der Waals surface area contributed by atoms with Crippen LogP contribution in [0.4, 0.5) is 0 Å². The van der Waals surface area contributed by atoms with Gasteiger partial charge in [0.05, 0.1) is 29.3 Å². The molecule has 8 heteroatoms. The minimum atomic E-state index is -0.942. The molecule has 160 valence electrons. The lowest BCUT2D eigenvalue weighted by Crippen LogP contribution is -2.43. The van der Waals surface area contributed by atoms with E-state index in [1.165, 1.54) is 7.11 Å². The lowest BCUT2D eigenvalue weighted by atomic mass is 9.69. The molecule has 30 heavy (non-hydrogen) atoms. The number of methoxy groups -OCH3 is 1. The van der Waals surface area contributed by atoms with Crippen molar-refractivity contribution in [3.05, 3.63) is 56.3 Å². The Balaban J connectivity index is 2.21. The minimum absolute atomic E-state index is 0.186. The molecular formula is C22H23Cl2NO5. The number of ether oxygens (including phenoxy) is 2. The van der Waals surface area contributed by atoms with E-state index in [9.17, 15) is 14.4 Å². The van der Waals surface area contributed by atoms with Crippen molar-refractivity contribution in [1.29, 1.82) is 0 Å². The third kappa shape index (κ3) is 3.86. The largest absolute Gasteiger partial charge is 0.468 e. The number of carbonyl (C=O) groups is 3. The molecular weight excluding hydrogens is 429 g/mol. The SMILES string of the molecule is CCOC(=O)C1=C(C)NC2=C(C(=O)[C@H](C(=O)OC)[C@H](C)C2)[C@@H]1c1ccc(Cl)c(Cl)c1. The van der Waals surface area contributed by atoms with E-state index in [0.717, 1.165) is 0 Å². The summed E-state index contributed by atoms with van der Waals surface area (Å²) in [5, 5.41) is 3.86. The number of ketones is 1. The summed E-state index contributed by atoms with van der Waals surface area (Å²) < 4.78 is 10.1. The van der Waals surface area contributed by atoms with E-state index in [0.29, 0.717) is 44.6 Å². The topological polar surface area (TPSA) is 81.7 Å². The third-order valence-corrected chi connectivity index (χ3v) is 6.25. The molecule has 0 unspecified atom stereocenters. The van der Waals surface area contributed by atoms with Crippen molar-refractivity contribution in [1.82, 2.24) is 5.32 Å². The first-order chi connectivity index (χ1) is 14.2. The Kier molecular flexibility index (Phi) is 6.58. The van der Waals surface area contributed by atoms with E-state index >= 15 is 0 Å². The number of halogens is 2. The van der Waals surface area contributed by atoms with Gasteiger partial charge in [-0.15, -0.1) is 0 Å². The second-order valence-corrected chi connectivity index (χ2v) is 8.24. The number of benzene rings is 1. The van der Waals surface area contributed by atoms with E-state index in [1.54, 1.807) is 32.0 Å². The van der Waals surface area contributed by atoms with E-state index in [1.807, 2.05) is 6.92 Å². The van der Waals surface area contributed by atoms with Gasteiger partial charge >= 0.3 is 11.9 Å². The number of Topliss-reactive ketones (excluding diaryl/α,β-unsaturated/α-hetero) is 1. The second kappa shape index (κ2) is 8.82. The van der Waals surface area contributed by atoms with Crippen LogP contribution in [-0.2, 0) is 23.9 Å². The molecule has 0 fully saturated rings. The maximum absolute atomic E-state index is 13.5. The second-order valence-electron chi connectivity index (χ2n) is 7.43. The number of nitrogens with one attached hydrogen (secondary N) is 1. The van der Waals surface area contributed by atoms with Gasteiger partial charge in [-0.2, -0.15) is 0 Å². The van der Waals surface area contributed by atoms with Crippen LogP contribution in [0, 0.1) is 11.8 Å². The average molecular weight is 452 g/mol. The quantitative estimate of drug-likeness (QED) is 0.546. The first-order valence-corrected chi connectivity index (χ1v) is 10.4. The van der Waals surface area contributed by atoms with Gasteiger partial charge in [0, 0.05) is 22.9 Å². The zero-order chi connectivity index (χ0) is 22.2. The molecule has 0 saturated heterocycles. The maximum atomic E-state index is 13.5. The first-order valence-electron chi connectivity index (χ1n) is 9.66. The highest BCUT2D eigenvalue weighted by atomic mass is 35.5. The van der Waals surface area contributed by atoms with Gasteiger partial charge in [-0.1, -0.05) is 36.2 Å². The fourth-order valence-electron chi connectivity index (χ4n) is 4.19. The van der Waals surface area contributed by atoms with Gasteiger partial charge in [0.1, 0.15) is 5.92 Å². The summed E-state index contributed by atoms with van der Waals surface area (Å²) in [7, 11) is 1.26. The van der Waals surface area contributed by atoms with Crippen LogP contribution < -0.4 is 5.32 Å². The van der Waals surface area contributed by atoms with Gasteiger partial charge in [0.25, 0.3) is 0 Å². The van der Waals surface area contributed by atoms with Gasteiger partial charge < -0.3 is 14.8 Å². The van der Waals surface area contributed by atoms with Crippen LogP contribution in [0.3, 0.4) is 0 Å². The van der Waals surface area contributed by atoms with Crippen LogP contribution in [0.5, 0.6) is 0 Å². The molecule has 3 atom stereocenters. The molecule has 0 radical (unpaired) electrons. The van der Waals surface area contributed by atoms with Crippen LogP contribution in [0.25, 0.3) is 0 Å². The van der Waals surface area contributed by atoms with E-state index in [-0.39, 0.29) is 18.3 Å². The zero-order valence-electron chi connectivity index (χ0n) is 17.2. The van der Waals surface area contributed by atoms with Gasteiger partial charge in [-0.05, 0) is 43.9 Å². The maximum Gasteiger partial charge on any atom is 0.336 e. The molecule has 1 aromatic carbocycles. The smallest absolute Gasteiger partial charge is 0.336 e.